The number of thiophene rings is 2. The first-order valence-electron chi connectivity index (χ1n) is 8.04. The van der Waals surface area contributed by atoms with Gasteiger partial charge in [-0.05, 0) is 30.0 Å². The minimum atomic E-state index is -4.73. The molecule has 0 bridgehead atoms. The van der Waals surface area contributed by atoms with E-state index in [-0.39, 0.29) is 16.4 Å². The van der Waals surface area contributed by atoms with Crippen molar-refractivity contribution in [2.75, 3.05) is 5.32 Å². The Hall–Kier alpha value is -2.46. The maximum Gasteiger partial charge on any atom is 0.431 e. The SMILES string of the molecule is CCc1ccc(C(=O)C2=C(C(F)(F)F)Nc3ncnn3C2c2cccs2)s1. The maximum absolute atomic E-state index is 13.8. The molecule has 0 aromatic carbocycles. The molecule has 1 N–H and O–H groups in total. The minimum Gasteiger partial charge on any atom is -0.320 e. The van der Waals surface area contributed by atoms with Crippen molar-refractivity contribution in [2.45, 2.75) is 25.6 Å². The topological polar surface area (TPSA) is 59.8 Å². The molecule has 140 valence electrons. The molecule has 1 aliphatic heterocycles. The monoisotopic (exact) mass is 410 g/mol. The quantitative estimate of drug-likeness (QED) is 0.635. The van der Waals surface area contributed by atoms with Crippen LogP contribution in [0.25, 0.3) is 0 Å². The number of carbonyl (C=O) groups is 1. The zero-order valence-corrected chi connectivity index (χ0v) is 15.6. The zero-order valence-electron chi connectivity index (χ0n) is 13.9. The van der Waals surface area contributed by atoms with Gasteiger partial charge in [0, 0.05) is 9.75 Å². The summed E-state index contributed by atoms with van der Waals surface area (Å²) in [5, 5.41) is 8.07. The number of fused-ring (bicyclic) bond motifs is 1. The Morgan fingerprint density at radius 3 is 2.78 bits per heavy atom. The van der Waals surface area contributed by atoms with Gasteiger partial charge in [-0.2, -0.15) is 23.3 Å². The van der Waals surface area contributed by atoms with E-state index in [0.29, 0.717) is 11.3 Å². The van der Waals surface area contributed by atoms with E-state index in [0.717, 1.165) is 4.88 Å². The van der Waals surface area contributed by atoms with Crippen LogP contribution in [0.4, 0.5) is 19.1 Å². The van der Waals surface area contributed by atoms with Crippen molar-refractivity contribution in [1.29, 1.82) is 0 Å². The summed E-state index contributed by atoms with van der Waals surface area (Å²) in [6.45, 7) is 1.93. The van der Waals surface area contributed by atoms with Gasteiger partial charge in [0.15, 0.2) is 0 Å². The highest BCUT2D eigenvalue weighted by molar-refractivity contribution is 7.14. The number of hydrogen-bond donors (Lipinski definition) is 1. The van der Waals surface area contributed by atoms with E-state index >= 15 is 0 Å². The van der Waals surface area contributed by atoms with Crippen LogP contribution < -0.4 is 5.32 Å². The van der Waals surface area contributed by atoms with Gasteiger partial charge in [0.1, 0.15) is 18.1 Å². The smallest absolute Gasteiger partial charge is 0.320 e. The van der Waals surface area contributed by atoms with Crippen molar-refractivity contribution in [3.05, 3.63) is 61.9 Å². The fraction of sp³-hybridized carbons (Fsp3) is 0.235. The summed E-state index contributed by atoms with van der Waals surface area (Å²) in [7, 11) is 0. The van der Waals surface area contributed by atoms with Crippen LogP contribution in [-0.2, 0) is 6.42 Å². The third kappa shape index (κ3) is 3.08. The molecular formula is C17H13F3N4OS2. The van der Waals surface area contributed by atoms with Gasteiger partial charge < -0.3 is 5.32 Å². The van der Waals surface area contributed by atoms with Crippen molar-refractivity contribution in [1.82, 2.24) is 14.8 Å². The number of rotatable bonds is 4. The molecule has 0 saturated heterocycles. The fourth-order valence-corrected chi connectivity index (χ4v) is 4.68. The van der Waals surface area contributed by atoms with Crippen LogP contribution in [-0.4, -0.2) is 26.7 Å². The van der Waals surface area contributed by atoms with Crippen LogP contribution in [0, 0.1) is 0 Å². The molecule has 1 atom stereocenters. The first-order valence-corrected chi connectivity index (χ1v) is 9.74. The Bertz CT molecular complexity index is 1020. The normalized spacial score (nSPS) is 17.0. The Kier molecular flexibility index (Phi) is 4.39. The molecule has 5 nitrogen and oxygen atoms in total. The number of carbonyl (C=O) groups excluding carboxylic acids is 1. The average Bonchev–Trinajstić information content (AvgIpc) is 3.39. The number of nitrogens with one attached hydrogen (secondary N) is 1. The largest absolute Gasteiger partial charge is 0.431 e. The molecular weight excluding hydrogens is 397 g/mol. The number of alkyl halides is 3. The van der Waals surface area contributed by atoms with Crippen LogP contribution in [0.2, 0.25) is 0 Å². The van der Waals surface area contributed by atoms with Crippen molar-refractivity contribution < 1.29 is 18.0 Å². The van der Waals surface area contributed by atoms with Gasteiger partial charge in [-0.25, -0.2) is 4.68 Å². The highest BCUT2D eigenvalue weighted by Crippen LogP contribution is 2.43. The van der Waals surface area contributed by atoms with E-state index in [2.05, 4.69) is 15.4 Å². The number of nitrogens with zero attached hydrogens (tertiary/aromatic N) is 3. The first kappa shape index (κ1) is 17.9. The molecule has 0 spiro atoms. The Balaban J connectivity index is 1.93. The molecule has 1 unspecified atom stereocenters. The highest BCUT2D eigenvalue weighted by Gasteiger charge is 2.46. The van der Waals surface area contributed by atoms with E-state index in [9.17, 15) is 18.0 Å². The maximum atomic E-state index is 13.8. The molecule has 3 aromatic rings. The van der Waals surface area contributed by atoms with Crippen LogP contribution in [0.3, 0.4) is 0 Å². The van der Waals surface area contributed by atoms with Crippen molar-refractivity contribution in [3.8, 4) is 0 Å². The minimum absolute atomic E-state index is 0.0438. The third-order valence-corrected chi connectivity index (χ3v) is 6.32. The molecule has 4 heterocycles. The van der Waals surface area contributed by atoms with Gasteiger partial charge in [0.25, 0.3) is 0 Å². The lowest BCUT2D eigenvalue weighted by atomic mass is 9.96. The number of Topliss-reactive ketones (excluding diaryl/α,β-unsaturated/α-hetero) is 1. The molecule has 0 amide bonds. The summed E-state index contributed by atoms with van der Waals surface area (Å²) in [6.07, 6.45) is -2.85. The van der Waals surface area contributed by atoms with Gasteiger partial charge in [-0.15, -0.1) is 22.7 Å². The predicted molar refractivity (Wildman–Crippen MR) is 97.2 cm³/mol. The van der Waals surface area contributed by atoms with Crippen LogP contribution in [0.1, 0.15) is 32.4 Å². The lowest BCUT2D eigenvalue weighted by molar-refractivity contribution is -0.0918. The lowest BCUT2D eigenvalue weighted by Gasteiger charge is -2.29. The number of aryl methyl sites for hydroxylation is 1. The van der Waals surface area contributed by atoms with Gasteiger partial charge in [0.05, 0.1) is 10.5 Å². The van der Waals surface area contributed by atoms with Gasteiger partial charge in [-0.3, -0.25) is 4.79 Å². The standard InChI is InChI=1S/C17H13F3N4OS2/c1-2-9-5-6-11(27-9)14(25)12-13(10-4-3-7-26-10)24-16(21-8-22-24)23-15(12)17(18,19)20/h3-8,13H,2H2,1H3,(H,21,22,23). The molecule has 10 heteroatoms. The number of allylic oxidation sites excluding steroid dienone is 2. The lowest BCUT2D eigenvalue weighted by Crippen LogP contribution is -2.34. The number of anilines is 1. The second kappa shape index (κ2) is 6.61. The van der Waals surface area contributed by atoms with Gasteiger partial charge in [-0.1, -0.05) is 13.0 Å². The predicted octanol–water partition coefficient (Wildman–Crippen LogP) is 4.68. The Morgan fingerprint density at radius 1 is 1.33 bits per heavy atom. The molecule has 3 aromatic heterocycles. The summed E-state index contributed by atoms with van der Waals surface area (Å²) < 4.78 is 42.8. The number of hydrogen-bond acceptors (Lipinski definition) is 6. The van der Waals surface area contributed by atoms with E-state index in [1.165, 1.54) is 33.7 Å². The van der Waals surface area contributed by atoms with Crippen LogP contribution in [0.15, 0.2) is 47.2 Å². The second-order valence-electron chi connectivity index (χ2n) is 5.81. The number of ketones is 1. The van der Waals surface area contributed by atoms with Gasteiger partial charge in [0.2, 0.25) is 11.7 Å². The van der Waals surface area contributed by atoms with Crippen molar-refractivity contribution in [2.24, 2.45) is 0 Å². The Labute approximate surface area is 160 Å². The van der Waals surface area contributed by atoms with E-state index in [1.807, 2.05) is 6.92 Å². The van der Waals surface area contributed by atoms with Gasteiger partial charge >= 0.3 is 6.18 Å². The van der Waals surface area contributed by atoms with E-state index in [4.69, 9.17) is 0 Å². The zero-order chi connectivity index (χ0) is 19.2. The molecule has 4 rings (SSSR count). The highest BCUT2D eigenvalue weighted by atomic mass is 32.1. The summed E-state index contributed by atoms with van der Waals surface area (Å²) in [5.41, 5.74) is -1.45. The average molecular weight is 410 g/mol. The summed E-state index contributed by atoms with van der Waals surface area (Å²) in [5.74, 6) is -0.697. The number of aromatic nitrogens is 3. The molecule has 0 fully saturated rings. The molecule has 0 radical (unpaired) electrons. The second-order valence-corrected chi connectivity index (χ2v) is 7.95. The number of halogens is 3. The summed E-state index contributed by atoms with van der Waals surface area (Å²) in [4.78, 5) is 18.8. The van der Waals surface area contributed by atoms with Crippen molar-refractivity contribution >= 4 is 34.4 Å². The summed E-state index contributed by atoms with van der Waals surface area (Å²) in [6, 6.07) is 5.78. The van der Waals surface area contributed by atoms with E-state index < -0.39 is 23.7 Å². The molecule has 27 heavy (non-hydrogen) atoms. The third-order valence-electron chi connectivity index (χ3n) is 4.17. The van der Waals surface area contributed by atoms with Crippen molar-refractivity contribution in [3.63, 3.8) is 0 Å². The molecule has 1 aliphatic rings. The molecule has 0 aliphatic carbocycles. The van der Waals surface area contributed by atoms with Crippen LogP contribution >= 0.6 is 22.7 Å². The van der Waals surface area contributed by atoms with Crippen LogP contribution in [0.5, 0.6) is 0 Å². The summed E-state index contributed by atoms with van der Waals surface area (Å²) >= 11 is 2.48. The fourth-order valence-electron chi connectivity index (χ4n) is 2.96. The first-order chi connectivity index (χ1) is 12.9. The van der Waals surface area contributed by atoms with E-state index in [1.54, 1.807) is 29.6 Å². The Morgan fingerprint density at radius 2 is 2.15 bits per heavy atom. The molecule has 0 saturated carbocycles.